The first-order chi connectivity index (χ1) is 23.1. The number of amidine groups is 1. The molecular weight excluding hydrogens is 586 g/mol. The van der Waals surface area contributed by atoms with Crippen molar-refractivity contribution < 1.29 is 14.0 Å². The number of fused-ring (bicyclic) bond motifs is 4. The molecule has 242 valence electrons. The zero-order chi connectivity index (χ0) is 33.4. The predicted octanol–water partition coefficient (Wildman–Crippen LogP) is 8.23. The topological polar surface area (TPSA) is 104 Å². The lowest BCUT2D eigenvalue weighted by Crippen LogP contribution is -2.29. The van der Waals surface area contributed by atoms with Crippen molar-refractivity contribution in [2.24, 2.45) is 4.99 Å². The largest absolute Gasteiger partial charge is 0.456 e. The van der Waals surface area contributed by atoms with E-state index >= 15 is 0 Å². The minimum absolute atomic E-state index is 0.197. The van der Waals surface area contributed by atoms with Crippen LogP contribution >= 0.6 is 0 Å². The number of aryl methyl sites for hydroxylation is 1. The summed E-state index contributed by atoms with van der Waals surface area (Å²) in [5.41, 5.74) is 6.35. The number of furan rings is 1. The molecule has 0 bridgehead atoms. The molecule has 0 saturated carbocycles. The molecular formula is C39H43N5O3. The Labute approximate surface area is 276 Å². The Balaban J connectivity index is 0.000000277. The highest BCUT2D eigenvalue weighted by Gasteiger charge is 2.09. The summed E-state index contributed by atoms with van der Waals surface area (Å²) in [4.78, 5) is 36.3. The average Bonchev–Trinajstić information content (AvgIpc) is 3.71. The molecule has 0 saturated heterocycles. The second-order valence-electron chi connectivity index (χ2n) is 10.7. The zero-order valence-corrected chi connectivity index (χ0v) is 27.6. The van der Waals surface area contributed by atoms with Gasteiger partial charge in [0, 0.05) is 58.9 Å². The zero-order valence-electron chi connectivity index (χ0n) is 27.6. The lowest BCUT2D eigenvalue weighted by atomic mass is 10.1. The van der Waals surface area contributed by atoms with E-state index in [1.54, 1.807) is 11.9 Å². The molecule has 0 aliphatic heterocycles. The van der Waals surface area contributed by atoms with Gasteiger partial charge in [-0.05, 0) is 42.7 Å². The van der Waals surface area contributed by atoms with Crippen molar-refractivity contribution in [3.8, 4) is 0 Å². The summed E-state index contributed by atoms with van der Waals surface area (Å²) in [6.07, 6.45) is 10.4. The van der Waals surface area contributed by atoms with Gasteiger partial charge in [0.25, 0.3) is 0 Å². The third-order valence-electron chi connectivity index (χ3n) is 7.41. The number of pyridine rings is 1. The number of nitrogens with zero attached hydrogens (tertiary/aromatic N) is 3. The first-order valence-electron chi connectivity index (χ1n) is 16.1. The maximum atomic E-state index is 11.6. The van der Waals surface area contributed by atoms with Gasteiger partial charge in [0.2, 0.25) is 0 Å². The molecule has 2 N–H and O–H groups in total. The number of aromatic nitrogens is 2. The van der Waals surface area contributed by atoms with E-state index in [0.717, 1.165) is 52.1 Å². The second-order valence-corrected chi connectivity index (χ2v) is 10.7. The van der Waals surface area contributed by atoms with Crippen LogP contribution in [0, 0.1) is 0 Å². The Hall–Kier alpha value is -5.50. The quantitative estimate of drug-likeness (QED) is 0.0648. The number of aldehydes is 2. The minimum Gasteiger partial charge on any atom is -0.456 e. The fourth-order valence-electron chi connectivity index (χ4n) is 5.05. The molecule has 0 aliphatic carbocycles. The smallest absolute Gasteiger partial charge is 0.167 e. The molecule has 0 aliphatic rings. The Kier molecular flexibility index (Phi) is 13.1. The van der Waals surface area contributed by atoms with E-state index in [9.17, 15) is 9.59 Å². The molecule has 3 aromatic carbocycles. The van der Waals surface area contributed by atoms with Crippen LogP contribution in [0.1, 0.15) is 50.4 Å². The molecule has 0 atom stereocenters. The van der Waals surface area contributed by atoms with Crippen LogP contribution < -0.4 is 5.32 Å². The number of hydrogen-bond donors (Lipinski definition) is 2. The van der Waals surface area contributed by atoms with Gasteiger partial charge in [0.15, 0.2) is 6.29 Å². The first kappa shape index (κ1) is 34.4. The van der Waals surface area contributed by atoms with Crippen LogP contribution in [0.2, 0.25) is 0 Å². The van der Waals surface area contributed by atoms with E-state index in [1.165, 1.54) is 35.6 Å². The van der Waals surface area contributed by atoms with Crippen molar-refractivity contribution in [3.05, 3.63) is 126 Å². The number of unbranched alkanes of at least 4 members (excludes halogenated alkanes) is 1. The van der Waals surface area contributed by atoms with Crippen molar-refractivity contribution in [2.75, 3.05) is 13.6 Å². The third-order valence-corrected chi connectivity index (χ3v) is 7.41. The number of H-pyrrole nitrogens is 1. The van der Waals surface area contributed by atoms with E-state index in [1.807, 2.05) is 105 Å². The first-order valence-corrected chi connectivity index (χ1v) is 16.1. The Bertz CT molecular complexity index is 1910. The standard InChI is InChI=1S/C26H23N3O3.C11H14N2.C2H6/c1-29(13-14-30)26(20-7-3-2-4-8-20)28-17-21(18-31)27-16-19-11-12-23-22-9-5-6-10-24(22)32-25(23)15-19;1-2-3-4-10-7-9-8-12-6-5-11(9)13-10;1-2/h2-12,14-15,17-18,27H,13,16H2,1H3;5-8,13H,2-4H2,1H3;1-2H3/b21-17+,28-26?;;. The van der Waals surface area contributed by atoms with Crippen molar-refractivity contribution >= 4 is 51.2 Å². The number of carbonyl (C=O) groups excluding carboxylic acids is 2. The van der Waals surface area contributed by atoms with Crippen molar-refractivity contribution in [2.45, 2.75) is 46.6 Å². The van der Waals surface area contributed by atoms with Crippen LogP contribution in [0.4, 0.5) is 0 Å². The van der Waals surface area contributed by atoms with Gasteiger partial charge in [-0.25, -0.2) is 4.99 Å². The minimum atomic E-state index is 0.197. The van der Waals surface area contributed by atoms with E-state index in [-0.39, 0.29) is 6.54 Å². The molecule has 0 unspecified atom stereocenters. The molecule has 8 heteroatoms. The fraction of sp³-hybridized carbons (Fsp3) is 0.231. The Morgan fingerprint density at radius 2 is 1.72 bits per heavy atom. The molecule has 47 heavy (non-hydrogen) atoms. The highest BCUT2D eigenvalue weighted by atomic mass is 16.3. The molecule has 8 nitrogen and oxygen atoms in total. The molecule has 0 spiro atoms. The monoisotopic (exact) mass is 629 g/mol. The summed E-state index contributed by atoms with van der Waals surface area (Å²) in [7, 11) is 1.78. The molecule has 0 fully saturated rings. The van der Waals surface area contributed by atoms with Gasteiger partial charge < -0.3 is 24.4 Å². The number of rotatable bonds is 11. The van der Waals surface area contributed by atoms with E-state index < -0.39 is 0 Å². The Morgan fingerprint density at radius 1 is 0.957 bits per heavy atom. The number of benzene rings is 3. The number of allylic oxidation sites excluding steroid dienone is 1. The summed E-state index contributed by atoms with van der Waals surface area (Å²) in [5.74, 6) is 0.600. The van der Waals surface area contributed by atoms with Crippen LogP contribution in [-0.4, -0.2) is 46.9 Å². The van der Waals surface area contributed by atoms with Crippen LogP contribution in [0.5, 0.6) is 0 Å². The predicted molar refractivity (Wildman–Crippen MR) is 192 cm³/mol. The lowest BCUT2D eigenvalue weighted by Gasteiger charge is -2.18. The van der Waals surface area contributed by atoms with Crippen molar-refractivity contribution in [3.63, 3.8) is 0 Å². The van der Waals surface area contributed by atoms with Gasteiger partial charge in [0.1, 0.15) is 23.3 Å². The van der Waals surface area contributed by atoms with E-state index in [4.69, 9.17) is 4.42 Å². The van der Waals surface area contributed by atoms with Crippen molar-refractivity contribution in [1.29, 1.82) is 0 Å². The SMILES string of the molecule is CC.CCCCc1cc2cnccc2[nH]1.CN(CC=O)C(=N/C=C(\C=O)NCc1ccc2c(c1)oc1ccccc12)c1ccccc1. The van der Waals surface area contributed by atoms with Crippen LogP contribution in [0.15, 0.2) is 119 Å². The number of hydrogen-bond acceptors (Lipinski definition) is 6. The molecule has 6 rings (SSSR count). The molecule has 0 radical (unpaired) electrons. The molecule has 0 amide bonds. The summed E-state index contributed by atoms with van der Waals surface area (Å²) < 4.78 is 5.94. The maximum Gasteiger partial charge on any atom is 0.167 e. The van der Waals surface area contributed by atoms with Gasteiger partial charge in [-0.1, -0.05) is 87.9 Å². The number of aliphatic imine (C=N–C) groups is 1. The highest BCUT2D eigenvalue weighted by molar-refractivity contribution is 6.05. The third kappa shape index (κ3) is 9.26. The average molecular weight is 630 g/mol. The van der Waals surface area contributed by atoms with Gasteiger partial charge in [-0.2, -0.15) is 0 Å². The Morgan fingerprint density at radius 3 is 2.47 bits per heavy atom. The van der Waals surface area contributed by atoms with Gasteiger partial charge in [-0.3, -0.25) is 9.78 Å². The summed E-state index contributed by atoms with van der Waals surface area (Å²) in [6.45, 7) is 6.85. The fourth-order valence-corrected chi connectivity index (χ4v) is 5.05. The molecule has 3 heterocycles. The second kappa shape index (κ2) is 17.8. The van der Waals surface area contributed by atoms with Crippen molar-refractivity contribution in [1.82, 2.24) is 20.2 Å². The lowest BCUT2D eigenvalue weighted by molar-refractivity contribution is -0.108. The van der Waals surface area contributed by atoms with Crippen LogP contribution in [-0.2, 0) is 22.6 Å². The molecule has 6 aromatic rings. The number of para-hydroxylation sites is 1. The molecule has 3 aromatic heterocycles. The van der Waals surface area contributed by atoms with E-state index in [0.29, 0.717) is 18.1 Å². The number of carbonyl (C=O) groups is 2. The van der Waals surface area contributed by atoms with Crippen LogP contribution in [0.3, 0.4) is 0 Å². The van der Waals surface area contributed by atoms with Gasteiger partial charge in [0.05, 0.1) is 18.4 Å². The van der Waals surface area contributed by atoms with Gasteiger partial charge in [-0.15, -0.1) is 0 Å². The summed E-state index contributed by atoms with van der Waals surface area (Å²) >= 11 is 0. The normalized spacial score (nSPS) is 11.4. The number of likely N-dealkylation sites (N-methyl/N-ethyl adjacent to an activating group) is 1. The number of nitrogens with one attached hydrogen (secondary N) is 2. The van der Waals surface area contributed by atoms with Crippen LogP contribution in [0.25, 0.3) is 32.8 Å². The highest BCUT2D eigenvalue weighted by Crippen LogP contribution is 2.29. The number of aromatic amines is 1. The van der Waals surface area contributed by atoms with E-state index in [2.05, 4.69) is 33.3 Å². The summed E-state index contributed by atoms with van der Waals surface area (Å²) in [5, 5.41) is 6.48. The maximum absolute atomic E-state index is 11.6. The summed E-state index contributed by atoms with van der Waals surface area (Å²) in [6, 6.07) is 27.7. The van der Waals surface area contributed by atoms with Gasteiger partial charge >= 0.3 is 0 Å².